The molecule has 2 aromatic rings. The second kappa shape index (κ2) is 4.84. The molecule has 1 aromatic carbocycles. The van der Waals surface area contributed by atoms with Gasteiger partial charge in [0.25, 0.3) is 5.56 Å². The van der Waals surface area contributed by atoms with Crippen molar-refractivity contribution in [2.45, 2.75) is 26.7 Å². The Morgan fingerprint density at radius 3 is 2.53 bits per heavy atom. The topological polar surface area (TPSA) is 71.8 Å². The summed E-state index contributed by atoms with van der Waals surface area (Å²) in [6, 6.07) is 4.48. The number of anilines is 1. The molecule has 2 rings (SSSR count). The van der Waals surface area contributed by atoms with Gasteiger partial charge in [-0.25, -0.2) is 9.37 Å². The highest BCUT2D eigenvalue weighted by Crippen LogP contribution is 2.21. The van der Waals surface area contributed by atoms with Gasteiger partial charge in [0.1, 0.15) is 17.5 Å². The van der Waals surface area contributed by atoms with Crippen LogP contribution in [-0.2, 0) is 0 Å². The smallest absolute Gasteiger partial charge is 0.256 e. The quantitative estimate of drug-likeness (QED) is 0.872. The predicted molar refractivity (Wildman–Crippen MR) is 73.5 cm³/mol. The lowest BCUT2D eigenvalue weighted by molar-refractivity contribution is 0.627. The van der Waals surface area contributed by atoms with E-state index < -0.39 is 0 Å². The minimum Gasteiger partial charge on any atom is -0.383 e. The number of aromatic amines is 1. The maximum atomic E-state index is 13.4. The molecule has 0 amide bonds. The van der Waals surface area contributed by atoms with Gasteiger partial charge in [-0.05, 0) is 36.6 Å². The molecule has 4 nitrogen and oxygen atoms in total. The van der Waals surface area contributed by atoms with Crippen LogP contribution in [0.5, 0.6) is 0 Å². The summed E-state index contributed by atoms with van der Waals surface area (Å²) in [6.07, 6.45) is 0. The molecule has 0 aliphatic carbocycles. The summed E-state index contributed by atoms with van der Waals surface area (Å²) in [4.78, 5) is 18.8. The second-order valence-electron chi connectivity index (χ2n) is 4.89. The molecule has 0 spiro atoms. The number of halogens is 1. The minimum absolute atomic E-state index is 0.0143. The Morgan fingerprint density at radius 1 is 1.32 bits per heavy atom. The number of aromatic nitrogens is 2. The van der Waals surface area contributed by atoms with Crippen molar-refractivity contribution < 1.29 is 4.39 Å². The van der Waals surface area contributed by atoms with Gasteiger partial charge in [-0.1, -0.05) is 13.8 Å². The third kappa shape index (κ3) is 2.65. The van der Waals surface area contributed by atoms with Crippen molar-refractivity contribution in [3.05, 3.63) is 45.5 Å². The van der Waals surface area contributed by atoms with E-state index in [9.17, 15) is 9.18 Å². The summed E-state index contributed by atoms with van der Waals surface area (Å²) in [6.45, 7) is 5.51. The van der Waals surface area contributed by atoms with Crippen molar-refractivity contribution in [1.82, 2.24) is 9.97 Å². The van der Waals surface area contributed by atoms with Gasteiger partial charge in [0.05, 0.1) is 5.56 Å². The summed E-state index contributed by atoms with van der Waals surface area (Å²) < 4.78 is 13.4. The SMILES string of the molecule is Cc1cc(F)cc(-c2nc(N)c(C(C)C)c(=O)[nH]2)c1. The zero-order chi connectivity index (χ0) is 14.2. The third-order valence-corrected chi connectivity index (χ3v) is 2.88. The molecule has 0 bridgehead atoms. The van der Waals surface area contributed by atoms with Crippen LogP contribution in [0.15, 0.2) is 23.0 Å². The van der Waals surface area contributed by atoms with Gasteiger partial charge in [0.2, 0.25) is 0 Å². The van der Waals surface area contributed by atoms with Crippen LogP contribution in [0.2, 0.25) is 0 Å². The van der Waals surface area contributed by atoms with Crippen LogP contribution in [0.4, 0.5) is 10.2 Å². The third-order valence-electron chi connectivity index (χ3n) is 2.88. The van der Waals surface area contributed by atoms with Crippen LogP contribution in [0.25, 0.3) is 11.4 Å². The Labute approximate surface area is 110 Å². The Morgan fingerprint density at radius 2 is 2.00 bits per heavy atom. The molecule has 5 heteroatoms. The molecule has 0 saturated heterocycles. The average molecular weight is 261 g/mol. The molecule has 0 fully saturated rings. The molecule has 0 aliphatic rings. The van der Waals surface area contributed by atoms with E-state index >= 15 is 0 Å². The van der Waals surface area contributed by atoms with Crippen LogP contribution >= 0.6 is 0 Å². The number of nitrogens with zero attached hydrogens (tertiary/aromatic N) is 1. The summed E-state index contributed by atoms with van der Waals surface area (Å²) in [5, 5.41) is 0. The average Bonchev–Trinajstić information content (AvgIpc) is 2.25. The highest BCUT2D eigenvalue weighted by atomic mass is 19.1. The minimum atomic E-state index is -0.371. The first-order chi connectivity index (χ1) is 8.88. The largest absolute Gasteiger partial charge is 0.383 e. The normalized spacial score (nSPS) is 11.0. The summed E-state index contributed by atoms with van der Waals surface area (Å²) in [5.41, 5.74) is 7.25. The molecule has 19 heavy (non-hydrogen) atoms. The van der Waals surface area contributed by atoms with E-state index in [2.05, 4.69) is 9.97 Å². The van der Waals surface area contributed by atoms with Gasteiger partial charge in [-0.2, -0.15) is 0 Å². The van der Waals surface area contributed by atoms with E-state index in [4.69, 9.17) is 5.73 Å². The predicted octanol–water partition coefficient (Wildman–Crippen LogP) is 2.59. The van der Waals surface area contributed by atoms with Gasteiger partial charge >= 0.3 is 0 Å². The van der Waals surface area contributed by atoms with E-state index in [1.165, 1.54) is 12.1 Å². The van der Waals surface area contributed by atoms with Crippen molar-refractivity contribution in [2.75, 3.05) is 5.73 Å². The van der Waals surface area contributed by atoms with Crippen LogP contribution in [0.3, 0.4) is 0 Å². The van der Waals surface area contributed by atoms with E-state index in [1.54, 1.807) is 13.0 Å². The van der Waals surface area contributed by atoms with E-state index in [0.717, 1.165) is 5.56 Å². The maximum absolute atomic E-state index is 13.4. The molecule has 1 aromatic heterocycles. The molecule has 0 saturated carbocycles. The second-order valence-corrected chi connectivity index (χ2v) is 4.89. The molecule has 100 valence electrons. The standard InChI is InChI=1S/C14H16FN3O/c1-7(2)11-12(16)17-13(18-14(11)19)9-4-8(3)5-10(15)6-9/h4-7H,1-3H3,(H3,16,17,18,19). The highest BCUT2D eigenvalue weighted by molar-refractivity contribution is 5.59. The summed E-state index contributed by atoms with van der Waals surface area (Å²) in [5.74, 6) is 0.0915. The molecule has 0 aliphatic heterocycles. The van der Waals surface area contributed by atoms with E-state index in [-0.39, 0.29) is 28.9 Å². The van der Waals surface area contributed by atoms with Crippen molar-refractivity contribution in [2.24, 2.45) is 0 Å². The Bertz CT molecular complexity index is 657. The summed E-state index contributed by atoms with van der Waals surface area (Å²) in [7, 11) is 0. The Kier molecular flexibility index (Phi) is 3.38. The van der Waals surface area contributed by atoms with Gasteiger partial charge in [-0.15, -0.1) is 0 Å². The number of rotatable bonds is 2. The molecule has 1 heterocycles. The lowest BCUT2D eigenvalue weighted by atomic mass is 10.1. The number of nitrogens with two attached hydrogens (primary N) is 1. The molecule has 0 radical (unpaired) electrons. The number of aryl methyl sites for hydroxylation is 1. The number of nitrogen functional groups attached to an aromatic ring is 1. The zero-order valence-corrected chi connectivity index (χ0v) is 11.1. The Balaban J connectivity index is 2.62. The fourth-order valence-electron chi connectivity index (χ4n) is 2.07. The first-order valence-corrected chi connectivity index (χ1v) is 6.05. The monoisotopic (exact) mass is 261 g/mol. The van der Waals surface area contributed by atoms with Crippen molar-refractivity contribution >= 4 is 5.82 Å². The fourth-order valence-corrected chi connectivity index (χ4v) is 2.07. The first kappa shape index (κ1) is 13.3. The van der Waals surface area contributed by atoms with Crippen molar-refractivity contribution in [3.63, 3.8) is 0 Å². The number of H-pyrrole nitrogens is 1. The van der Waals surface area contributed by atoms with Gasteiger partial charge in [0.15, 0.2) is 0 Å². The molecular formula is C14H16FN3O. The van der Waals surface area contributed by atoms with Gasteiger partial charge in [-0.3, -0.25) is 4.79 Å². The fraction of sp³-hybridized carbons (Fsp3) is 0.286. The number of benzene rings is 1. The Hall–Kier alpha value is -2.17. The number of hydrogen-bond acceptors (Lipinski definition) is 3. The lowest BCUT2D eigenvalue weighted by Crippen LogP contribution is -2.19. The molecule has 3 N–H and O–H groups in total. The van der Waals surface area contributed by atoms with Crippen LogP contribution < -0.4 is 11.3 Å². The van der Waals surface area contributed by atoms with Crippen molar-refractivity contribution in [1.29, 1.82) is 0 Å². The van der Waals surface area contributed by atoms with Crippen LogP contribution in [-0.4, -0.2) is 9.97 Å². The summed E-state index contributed by atoms with van der Waals surface area (Å²) >= 11 is 0. The molecular weight excluding hydrogens is 245 g/mol. The van der Waals surface area contributed by atoms with Crippen LogP contribution in [0.1, 0.15) is 30.9 Å². The number of hydrogen-bond donors (Lipinski definition) is 2. The van der Waals surface area contributed by atoms with Gasteiger partial charge in [0, 0.05) is 5.56 Å². The first-order valence-electron chi connectivity index (χ1n) is 6.05. The highest BCUT2D eigenvalue weighted by Gasteiger charge is 2.13. The van der Waals surface area contributed by atoms with Crippen molar-refractivity contribution in [3.8, 4) is 11.4 Å². The van der Waals surface area contributed by atoms with E-state index in [1.807, 2.05) is 13.8 Å². The molecule has 0 unspecified atom stereocenters. The van der Waals surface area contributed by atoms with Crippen LogP contribution in [0, 0.1) is 12.7 Å². The molecule has 0 atom stereocenters. The maximum Gasteiger partial charge on any atom is 0.256 e. The van der Waals surface area contributed by atoms with Gasteiger partial charge < -0.3 is 10.7 Å². The number of nitrogens with one attached hydrogen (secondary N) is 1. The van der Waals surface area contributed by atoms with E-state index in [0.29, 0.717) is 11.1 Å². The zero-order valence-electron chi connectivity index (χ0n) is 11.1. The lowest BCUT2D eigenvalue weighted by Gasteiger charge is -2.09.